The summed E-state index contributed by atoms with van der Waals surface area (Å²) >= 11 is 5.91. The molecule has 5 nitrogen and oxygen atoms in total. The van der Waals surface area contributed by atoms with Gasteiger partial charge in [0.1, 0.15) is 5.82 Å². The zero-order valence-corrected chi connectivity index (χ0v) is 13.5. The van der Waals surface area contributed by atoms with E-state index in [-0.39, 0.29) is 30.2 Å². The summed E-state index contributed by atoms with van der Waals surface area (Å²) in [5.74, 6) is -1.95. The molecule has 0 spiro atoms. The number of benzene rings is 1. The van der Waals surface area contributed by atoms with Gasteiger partial charge in [-0.1, -0.05) is 17.7 Å². The molecule has 1 rings (SSSR count). The lowest BCUT2D eigenvalue weighted by Crippen LogP contribution is -2.51. The molecule has 1 aromatic rings. The summed E-state index contributed by atoms with van der Waals surface area (Å²) < 4.78 is 18.5. The van der Waals surface area contributed by atoms with Gasteiger partial charge in [-0.15, -0.1) is 0 Å². The number of amides is 1. The van der Waals surface area contributed by atoms with Crippen molar-refractivity contribution in [1.29, 1.82) is 0 Å². The number of methoxy groups -OCH3 is 1. The third kappa shape index (κ3) is 4.18. The molecule has 0 radical (unpaired) electrons. The minimum atomic E-state index is -0.989. The quantitative estimate of drug-likeness (QED) is 0.812. The van der Waals surface area contributed by atoms with Crippen LogP contribution in [0.4, 0.5) is 4.39 Å². The lowest BCUT2D eigenvalue weighted by molar-refractivity contribution is -0.141. The minimum Gasteiger partial charge on any atom is -0.469 e. The van der Waals surface area contributed by atoms with Gasteiger partial charge < -0.3 is 14.7 Å². The molecule has 1 N–H and O–H groups in total. The number of hydrogen-bond acceptors (Lipinski definition) is 4. The molecule has 0 unspecified atom stereocenters. The van der Waals surface area contributed by atoms with Crippen LogP contribution in [0.25, 0.3) is 0 Å². The summed E-state index contributed by atoms with van der Waals surface area (Å²) in [6.07, 6.45) is -0.0717. The Morgan fingerprint density at radius 3 is 2.55 bits per heavy atom. The second kappa shape index (κ2) is 7.56. The van der Waals surface area contributed by atoms with Crippen molar-refractivity contribution in [1.82, 2.24) is 4.90 Å². The third-order valence-electron chi connectivity index (χ3n) is 3.31. The molecule has 0 heterocycles. The molecule has 0 aliphatic heterocycles. The van der Waals surface area contributed by atoms with Crippen LogP contribution in [0.1, 0.15) is 30.6 Å². The molecular formula is C15H19ClFNO4. The molecule has 0 fully saturated rings. The van der Waals surface area contributed by atoms with E-state index >= 15 is 0 Å². The molecule has 0 bridgehead atoms. The molecule has 0 aliphatic rings. The molecule has 7 heteroatoms. The highest BCUT2D eigenvalue weighted by atomic mass is 35.5. The largest absolute Gasteiger partial charge is 0.469 e. The third-order valence-corrected chi connectivity index (χ3v) is 3.62. The summed E-state index contributed by atoms with van der Waals surface area (Å²) in [4.78, 5) is 25.1. The van der Waals surface area contributed by atoms with Crippen LogP contribution in [0.15, 0.2) is 18.2 Å². The van der Waals surface area contributed by atoms with Crippen LogP contribution in [-0.2, 0) is 9.53 Å². The van der Waals surface area contributed by atoms with E-state index in [0.29, 0.717) is 0 Å². The lowest BCUT2D eigenvalue weighted by Gasteiger charge is -2.37. The van der Waals surface area contributed by atoms with Crippen molar-refractivity contribution in [2.45, 2.75) is 25.8 Å². The smallest absolute Gasteiger partial charge is 0.307 e. The Labute approximate surface area is 133 Å². The highest BCUT2D eigenvalue weighted by Crippen LogP contribution is 2.25. The predicted octanol–water partition coefficient (Wildman–Crippen LogP) is 2.26. The van der Waals surface area contributed by atoms with Gasteiger partial charge in [-0.05, 0) is 26.0 Å². The average molecular weight is 332 g/mol. The first kappa shape index (κ1) is 18.4. The standard InChI is InChI=1S/C15H19ClFNO4/c1-15(2,9-19)18(8-7-12(20)22-3)14(21)13-10(16)5-4-6-11(13)17/h4-6,19H,7-9H2,1-3H3. The molecule has 0 aliphatic carbocycles. The van der Waals surface area contributed by atoms with Gasteiger partial charge in [0.15, 0.2) is 0 Å². The molecular weight excluding hydrogens is 313 g/mol. The fourth-order valence-electron chi connectivity index (χ4n) is 1.91. The van der Waals surface area contributed by atoms with Crippen molar-refractivity contribution in [2.24, 2.45) is 0 Å². The van der Waals surface area contributed by atoms with Gasteiger partial charge in [0.05, 0.1) is 36.3 Å². The summed E-state index contributed by atoms with van der Waals surface area (Å²) in [6, 6.07) is 3.93. The van der Waals surface area contributed by atoms with Gasteiger partial charge in [-0.3, -0.25) is 9.59 Å². The molecule has 0 aromatic heterocycles. The van der Waals surface area contributed by atoms with E-state index in [1.165, 1.54) is 24.1 Å². The molecule has 1 amide bonds. The minimum absolute atomic E-state index is 0.0241. The molecule has 122 valence electrons. The van der Waals surface area contributed by atoms with E-state index in [2.05, 4.69) is 4.74 Å². The zero-order valence-electron chi connectivity index (χ0n) is 12.7. The number of aliphatic hydroxyl groups excluding tert-OH is 1. The summed E-state index contributed by atoms with van der Waals surface area (Å²) in [5.41, 5.74) is -1.27. The van der Waals surface area contributed by atoms with Gasteiger partial charge in [0.2, 0.25) is 0 Å². The van der Waals surface area contributed by atoms with Crippen LogP contribution >= 0.6 is 11.6 Å². The first-order valence-corrected chi connectivity index (χ1v) is 7.06. The second-order valence-electron chi connectivity index (χ2n) is 5.35. The van der Waals surface area contributed by atoms with E-state index in [1.54, 1.807) is 13.8 Å². The number of carbonyl (C=O) groups is 2. The molecule has 22 heavy (non-hydrogen) atoms. The lowest BCUT2D eigenvalue weighted by atomic mass is 10.0. The Morgan fingerprint density at radius 1 is 1.41 bits per heavy atom. The van der Waals surface area contributed by atoms with Crippen LogP contribution in [0.3, 0.4) is 0 Å². The van der Waals surface area contributed by atoms with Crippen molar-refractivity contribution < 1.29 is 23.8 Å². The number of nitrogens with zero attached hydrogens (tertiary/aromatic N) is 1. The SMILES string of the molecule is COC(=O)CCN(C(=O)c1c(F)cccc1Cl)C(C)(C)CO. The van der Waals surface area contributed by atoms with Crippen LogP contribution in [0.5, 0.6) is 0 Å². The number of aliphatic hydroxyl groups is 1. The summed E-state index contributed by atoms with van der Waals surface area (Å²) in [6.45, 7) is 2.84. The highest BCUT2D eigenvalue weighted by molar-refractivity contribution is 6.33. The topological polar surface area (TPSA) is 66.8 Å². The molecule has 0 atom stereocenters. The maximum atomic E-state index is 13.9. The van der Waals surface area contributed by atoms with Gasteiger partial charge >= 0.3 is 5.97 Å². The number of esters is 1. The zero-order chi connectivity index (χ0) is 16.9. The van der Waals surface area contributed by atoms with Crippen LogP contribution in [0.2, 0.25) is 5.02 Å². The second-order valence-corrected chi connectivity index (χ2v) is 5.76. The van der Waals surface area contributed by atoms with Crippen LogP contribution in [0, 0.1) is 5.82 Å². The molecule has 0 saturated heterocycles. The van der Waals surface area contributed by atoms with E-state index in [9.17, 15) is 19.1 Å². The maximum absolute atomic E-state index is 13.9. The Kier molecular flexibility index (Phi) is 6.32. The normalized spacial score (nSPS) is 11.2. The van der Waals surface area contributed by atoms with E-state index in [1.807, 2.05) is 0 Å². The molecule has 0 saturated carbocycles. The average Bonchev–Trinajstić information content (AvgIpc) is 2.46. The Morgan fingerprint density at radius 2 is 2.05 bits per heavy atom. The van der Waals surface area contributed by atoms with Crippen molar-refractivity contribution in [3.8, 4) is 0 Å². The monoisotopic (exact) mass is 331 g/mol. The van der Waals surface area contributed by atoms with E-state index in [0.717, 1.165) is 6.07 Å². The predicted molar refractivity (Wildman–Crippen MR) is 80.2 cm³/mol. The van der Waals surface area contributed by atoms with Crippen LogP contribution in [-0.4, -0.2) is 47.7 Å². The Balaban J connectivity index is 3.15. The fourth-order valence-corrected chi connectivity index (χ4v) is 2.15. The van der Waals surface area contributed by atoms with E-state index in [4.69, 9.17) is 11.6 Å². The van der Waals surface area contributed by atoms with E-state index < -0.39 is 23.2 Å². The van der Waals surface area contributed by atoms with Crippen molar-refractivity contribution >= 4 is 23.5 Å². The fraction of sp³-hybridized carbons (Fsp3) is 0.467. The van der Waals surface area contributed by atoms with Crippen molar-refractivity contribution in [3.63, 3.8) is 0 Å². The maximum Gasteiger partial charge on any atom is 0.307 e. The van der Waals surface area contributed by atoms with Gasteiger partial charge in [-0.2, -0.15) is 0 Å². The number of halogens is 2. The summed E-state index contributed by atoms with van der Waals surface area (Å²) in [7, 11) is 1.24. The number of carbonyl (C=O) groups excluding carboxylic acids is 2. The first-order valence-electron chi connectivity index (χ1n) is 6.68. The first-order chi connectivity index (χ1) is 10.2. The van der Waals surface area contributed by atoms with Gasteiger partial charge in [0, 0.05) is 6.54 Å². The Bertz CT molecular complexity index is 542. The number of rotatable bonds is 6. The highest BCUT2D eigenvalue weighted by Gasteiger charge is 2.33. The summed E-state index contributed by atoms with van der Waals surface area (Å²) in [5, 5.41) is 9.46. The number of ether oxygens (including phenoxy) is 1. The van der Waals surface area contributed by atoms with Crippen LogP contribution < -0.4 is 0 Å². The number of hydrogen-bond donors (Lipinski definition) is 1. The van der Waals surface area contributed by atoms with Gasteiger partial charge in [0.25, 0.3) is 5.91 Å². The van der Waals surface area contributed by atoms with Crippen molar-refractivity contribution in [3.05, 3.63) is 34.6 Å². The Hall–Kier alpha value is -1.66. The van der Waals surface area contributed by atoms with Gasteiger partial charge in [-0.25, -0.2) is 4.39 Å². The molecule has 1 aromatic carbocycles. The van der Waals surface area contributed by atoms with Crippen molar-refractivity contribution in [2.75, 3.05) is 20.3 Å².